The van der Waals surface area contributed by atoms with E-state index >= 15 is 0 Å². The number of aromatic amines is 1. The Morgan fingerprint density at radius 1 is 1.24 bits per heavy atom. The summed E-state index contributed by atoms with van der Waals surface area (Å²) in [6.07, 6.45) is 0.715. The highest BCUT2D eigenvalue weighted by Gasteiger charge is 2.07. The van der Waals surface area contributed by atoms with Crippen LogP contribution in [0.2, 0.25) is 5.02 Å². The van der Waals surface area contributed by atoms with Crippen LogP contribution in [0.15, 0.2) is 40.9 Å². The average molecular weight is 336 g/mol. The van der Waals surface area contributed by atoms with Crippen molar-refractivity contribution >= 4 is 34.7 Å². The van der Waals surface area contributed by atoms with Gasteiger partial charge >= 0.3 is 0 Å². The van der Waals surface area contributed by atoms with Crippen LogP contribution in [0, 0.1) is 6.92 Å². The van der Waals surface area contributed by atoms with Gasteiger partial charge in [-0.2, -0.15) is 5.10 Å². The third kappa shape index (κ3) is 3.87. The molecule has 21 heavy (non-hydrogen) atoms. The van der Waals surface area contributed by atoms with Crippen molar-refractivity contribution in [1.82, 2.24) is 15.2 Å². The van der Waals surface area contributed by atoms with Gasteiger partial charge in [0.1, 0.15) is 0 Å². The molecule has 0 amide bonds. The number of benzene rings is 1. The third-order valence-corrected chi connectivity index (χ3v) is 5.44. The topological polar surface area (TPSA) is 41.6 Å². The van der Waals surface area contributed by atoms with Crippen LogP contribution < -0.4 is 0 Å². The molecule has 0 spiro atoms. The first-order chi connectivity index (χ1) is 10.2. The Balaban J connectivity index is 1.61. The van der Waals surface area contributed by atoms with Crippen LogP contribution in [0.5, 0.6) is 0 Å². The van der Waals surface area contributed by atoms with Gasteiger partial charge in [0.2, 0.25) is 0 Å². The van der Waals surface area contributed by atoms with Gasteiger partial charge in [-0.15, -0.1) is 11.3 Å². The summed E-state index contributed by atoms with van der Waals surface area (Å²) in [5, 5.41) is 11.0. The maximum atomic E-state index is 5.88. The van der Waals surface area contributed by atoms with Gasteiger partial charge < -0.3 is 0 Å². The van der Waals surface area contributed by atoms with Crippen LogP contribution in [0.4, 0.5) is 0 Å². The highest BCUT2D eigenvalue weighted by Crippen LogP contribution is 2.25. The molecule has 3 rings (SSSR count). The minimum Gasteiger partial charge on any atom is -0.254 e. The number of thiophene rings is 1. The van der Waals surface area contributed by atoms with Crippen molar-refractivity contribution in [2.45, 2.75) is 24.3 Å². The lowest BCUT2D eigenvalue weighted by molar-refractivity contribution is 0.956. The molecule has 0 atom stereocenters. The lowest BCUT2D eigenvalue weighted by Gasteiger charge is -1.97. The van der Waals surface area contributed by atoms with Gasteiger partial charge in [0.05, 0.1) is 0 Å². The highest BCUT2D eigenvalue weighted by molar-refractivity contribution is 7.98. The lowest BCUT2D eigenvalue weighted by Crippen LogP contribution is -1.90. The largest absolute Gasteiger partial charge is 0.254 e. The minimum absolute atomic E-state index is 0.715. The van der Waals surface area contributed by atoms with E-state index in [0.29, 0.717) is 6.42 Å². The molecule has 1 N–H and O–H groups in total. The van der Waals surface area contributed by atoms with E-state index < -0.39 is 0 Å². The highest BCUT2D eigenvalue weighted by atomic mass is 35.5. The Morgan fingerprint density at radius 2 is 2.05 bits per heavy atom. The van der Waals surface area contributed by atoms with E-state index in [0.717, 1.165) is 27.3 Å². The van der Waals surface area contributed by atoms with Gasteiger partial charge in [-0.25, -0.2) is 4.98 Å². The third-order valence-electron chi connectivity index (χ3n) is 3.09. The van der Waals surface area contributed by atoms with Crippen molar-refractivity contribution in [2.75, 3.05) is 0 Å². The summed E-state index contributed by atoms with van der Waals surface area (Å²) in [5.41, 5.74) is 2.50. The van der Waals surface area contributed by atoms with Crippen LogP contribution in [-0.4, -0.2) is 15.2 Å². The Morgan fingerprint density at radius 3 is 2.76 bits per heavy atom. The predicted molar refractivity (Wildman–Crippen MR) is 89.3 cm³/mol. The summed E-state index contributed by atoms with van der Waals surface area (Å²) < 4.78 is 0. The molecule has 108 valence electrons. The zero-order valence-corrected chi connectivity index (χ0v) is 13.9. The van der Waals surface area contributed by atoms with Crippen molar-refractivity contribution in [3.8, 4) is 0 Å². The summed E-state index contributed by atoms with van der Waals surface area (Å²) in [7, 11) is 0. The summed E-state index contributed by atoms with van der Waals surface area (Å²) in [6, 6.07) is 9.92. The predicted octanol–water partition coefficient (Wildman–Crippen LogP) is 4.71. The molecule has 0 bridgehead atoms. The molecule has 3 nitrogen and oxygen atoms in total. The van der Waals surface area contributed by atoms with Gasteiger partial charge in [-0.05, 0) is 41.6 Å². The fraction of sp³-hybridized carbons (Fsp3) is 0.200. The zero-order valence-electron chi connectivity index (χ0n) is 11.5. The molecule has 0 unspecified atom stereocenters. The standard InChI is InChI=1S/C15H14ClN3S2/c1-10-6-7-20-13(10)9-21-15-17-14(18-19-15)8-11-2-4-12(16)5-3-11/h2-7H,8-9H2,1H3,(H,17,18,19). The van der Waals surface area contributed by atoms with E-state index in [2.05, 4.69) is 33.6 Å². The number of H-pyrrole nitrogens is 1. The smallest absolute Gasteiger partial charge is 0.184 e. The van der Waals surface area contributed by atoms with Crippen LogP contribution >= 0.6 is 34.7 Å². The molecule has 0 saturated heterocycles. The second-order valence-electron chi connectivity index (χ2n) is 4.68. The second kappa shape index (κ2) is 6.64. The molecule has 3 aromatic rings. The number of halogens is 1. The Labute approximate surface area is 136 Å². The summed E-state index contributed by atoms with van der Waals surface area (Å²) in [5.74, 6) is 1.74. The summed E-state index contributed by atoms with van der Waals surface area (Å²) >= 11 is 9.35. The van der Waals surface area contributed by atoms with Crippen molar-refractivity contribution < 1.29 is 0 Å². The quantitative estimate of drug-likeness (QED) is 0.686. The first-order valence-electron chi connectivity index (χ1n) is 6.52. The Kier molecular flexibility index (Phi) is 4.63. The summed E-state index contributed by atoms with van der Waals surface area (Å²) in [6.45, 7) is 2.14. The number of thioether (sulfide) groups is 1. The second-order valence-corrected chi connectivity index (χ2v) is 7.08. The first kappa shape index (κ1) is 14.6. The van der Waals surface area contributed by atoms with Gasteiger partial charge in [0, 0.05) is 22.1 Å². The van der Waals surface area contributed by atoms with E-state index in [1.54, 1.807) is 23.1 Å². The molecule has 0 fully saturated rings. The number of nitrogens with one attached hydrogen (secondary N) is 1. The number of aryl methyl sites for hydroxylation is 1. The van der Waals surface area contributed by atoms with Crippen molar-refractivity contribution in [2.24, 2.45) is 0 Å². The van der Waals surface area contributed by atoms with E-state index in [-0.39, 0.29) is 0 Å². The molecule has 0 aliphatic heterocycles. The lowest BCUT2D eigenvalue weighted by atomic mass is 10.1. The van der Waals surface area contributed by atoms with Gasteiger partial charge in [0.15, 0.2) is 11.0 Å². The first-order valence-corrected chi connectivity index (χ1v) is 8.76. The molecule has 1 aromatic carbocycles. The van der Waals surface area contributed by atoms with Crippen molar-refractivity contribution in [1.29, 1.82) is 0 Å². The molecule has 0 radical (unpaired) electrons. The number of nitrogens with zero attached hydrogens (tertiary/aromatic N) is 2. The zero-order chi connectivity index (χ0) is 14.7. The SMILES string of the molecule is Cc1ccsc1CSc1nc(Cc2ccc(Cl)cc2)n[nH]1. The molecule has 0 aliphatic carbocycles. The molecule has 2 aromatic heterocycles. The average Bonchev–Trinajstić information content (AvgIpc) is 3.08. The van der Waals surface area contributed by atoms with Crippen LogP contribution in [0.1, 0.15) is 21.8 Å². The number of hydrogen-bond donors (Lipinski definition) is 1. The van der Waals surface area contributed by atoms with Gasteiger partial charge in [-0.3, -0.25) is 5.10 Å². The van der Waals surface area contributed by atoms with E-state index in [4.69, 9.17) is 11.6 Å². The fourth-order valence-corrected chi connectivity index (χ4v) is 3.93. The van der Waals surface area contributed by atoms with Crippen molar-refractivity contribution in [3.63, 3.8) is 0 Å². The van der Waals surface area contributed by atoms with Crippen molar-refractivity contribution in [3.05, 3.63) is 62.6 Å². The van der Waals surface area contributed by atoms with Gasteiger partial charge in [-0.1, -0.05) is 35.5 Å². The number of rotatable bonds is 5. The number of aromatic nitrogens is 3. The number of hydrogen-bond acceptors (Lipinski definition) is 4. The Bertz CT molecular complexity index is 719. The fourth-order valence-electron chi connectivity index (χ4n) is 1.89. The maximum Gasteiger partial charge on any atom is 0.184 e. The molecule has 0 aliphatic rings. The summed E-state index contributed by atoms with van der Waals surface area (Å²) in [4.78, 5) is 5.91. The normalized spacial score (nSPS) is 11.0. The maximum absolute atomic E-state index is 5.88. The molecular formula is C15H14ClN3S2. The van der Waals surface area contributed by atoms with Crippen LogP contribution in [-0.2, 0) is 12.2 Å². The molecule has 0 saturated carbocycles. The Hall–Kier alpha value is -1.30. The van der Waals surface area contributed by atoms with Crippen LogP contribution in [0.3, 0.4) is 0 Å². The van der Waals surface area contributed by atoms with E-state index in [1.165, 1.54) is 10.4 Å². The van der Waals surface area contributed by atoms with E-state index in [9.17, 15) is 0 Å². The minimum atomic E-state index is 0.715. The molecule has 6 heteroatoms. The molecular weight excluding hydrogens is 322 g/mol. The molecule has 2 heterocycles. The monoisotopic (exact) mass is 335 g/mol. The van der Waals surface area contributed by atoms with E-state index in [1.807, 2.05) is 24.3 Å². The van der Waals surface area contributed by atoms with Crippen LogP contribution in [0.25, 0.3) is 0 Å². The van der Waals surface area contributed by atoms with Gasteiger partial charge in [0.25, 0.3) is 0 Å².